The molecule has 3 rings (SSSR count). The predicted molar refractivity (Wildman–Crippen MR) is 110 cm³/mol. The molecule has 1 aromatic heterocycles. The van der Waals surface area contributed by atoms with Crippen LogP contribution in [-0.4, -0.2) is 34.7 Å². The molecule has 0 saturated carbocycles. The first kappa shape index (κ1) is 19.1. The van der Waals surface area contributed by atoms with Crippen molar-refractivity contribution in [2.45, 2.75) is 46.1 Å². The van der Waals surface area contributed by atoms with Gasteiger partial charge < -0.3 is 15.5 Å². The molecule has 1 saturated heterocycles. The third-order valence-electron chi connectivity index (χ3n) is 4.67. The van der Waals surface area contributed by atoms with Crippen LogP contribution < -0.4 is 15.5 Å². The number of nitrogens with zero attached hydrogens (tertiary/aromatic N) is 3. The van der Waals surface area contributed by atoms with Crippen LogP contribution in [0.2, 0.25) is 0 Å². The lowest BCUT2D eigenvalue weighted by molar-refractivity contribution is 0.102. The summed E-state index contributed by atoms with van der Waals surface area (Å²) in [4.78, 5) is 14.8. The van der Waals surface area contributed by atoms with Gasteiger partial charge in [-0.25, -0.2) is 0 Å². The van der Waals surface area contributed by atoms with Gasteiger partial charge in [-0.2, -0.15) is 0 Å². The lowest BCUT2D eigenvalue weighted by atomic mass is 9.99. The number of aromatic nitrogens is 2. The molecule has 1 aliphatic heterocycles. The van der Waals surface area contributed by atoms with Gasteiger partial charge in [0.2, 0.25) is 0 Å². The van der Waals surface area contributed by atoms with Crippen molar-refractivity contribution in [1.82, 2.24) is 10.2 Å². The van der Waals surface area contributed by atoms with E-state index in [2.05, 4.69) is 44.8 Å². The van der Waals surface area contributed by atoms with E-state index in [-0.39, 0.29) is 11.4 Å². The van der Waals surface area contributed by atoms with Gasteiger partial charge in [0.15, 0.2) is 5.69 Å². The Kier molecular flexibility index (Phi) is 5.63. The SMILES string of the molecule is CC1CCN(c2ccc(NC(=O)c3ccc(NC(C)(C)C)nn3)cc2)CC1. The fourth-order valence-electron chi connectivity index (χ4n) is 3.12. The first-order valence-corrected chi connectivity index (χ1v) is 9.58. The van der Waals surface area contributed by atoms with Gasteiger partial charge in [0.05, 0.1) is 0 Å². The van der Waals surface area contributed by atoms with E-state index in [1.54, 1.807) is 12.1 Å². The average molecular weight is 367 g/mol. The number of piperidine rings is 1. The van der Waals surface area contributed by atoms with Crippen LogP contribution in [0.1, 0.15) is 51.0 Å². The Labute approximate surface area is 161 Å². The van der Waals surface area contributed by atoms with E-state index in [4.69, 9.17) is 0 Å². The molecule has 0 atom stereocenters. The number of amides is 1. The number of rotatable bonds is 4. The zero-order chi connectivity index (χ0) is 19.4. The summed E-state index contributed by atoms with van der Waals surface area (Å²) in [7, 11) is 0. The van der Waals surface area contributed by atoms with Gasteiger partial charge in [0.25, 0.3) is 5.91 Å². The Bertz CT molecular complexity index is 757. The number of carbonyl (C=O) groups excluding carboxylic acids is 1. The minimum atomic E-state index is -0.260. The van der Waals surface area contributed by atoms with Gasteiger partial charge in [-0.05, 0) is 75.9 Å². The Balaban J connectivity index is 1.59. The average Bonchev–Trinajstić information content (AvgIpc) is 2.62. The van der Waals surface area contributed by atoms with Crippen molar-refractivity contribution < 1.29 is 4.79 Å². The van der Waals surface area contributed by atoms with E-state index in [1.807, 2.05) is 32.9 Å². The molecule has 1 aliphatic rings. The molecule has 2 heterocycles. The van der Waals surface area contributed by atoms with Gasteiger partial charge >= 0.3 is 0 Å². The van der Waals surface area contributed by atoms with Gasteiger partial charge in [-0.15, -0.1) is 10.2 Å². The Morgan fingerprint density at radius 2 is 1.70 bits per heavy atom. The molecule has 1 fully saturated rings. The van der Waals surface area contributed by atoms with Crippen LogP contribution in [0.4, 0.5) is 17.2 Å². The molecule has 0 unspecified atom stereocenters. The van der Waals surface area contributed by atoms with Gasteiger partial charge in [0, 0.05) is 30.0 Å². The van der Waals surface area contributed by atoms with Gasteiger partial charge in [0.1, 0.15) is 5.82 Å². The smallest absolute Gasteiger partial charge is 0.276 e. The monoisotopic (exact) mass is 367 g/mol. The Morgan fingerprint density at radius 3 is 2.26 bits per heavy atom. The maximum atomic E-state index is 12.4. The van der Waals surface area contributed by atoms with Crippen LogP contribution in [0.5, 0.6) is 0 Å². The topological polar surface area (TPSA) is 70.2 Å². The van der Waals surface area contributed by atoms with Crippen molar-refractivity contribution >= 4 is 23.1 Å². The zero-order valence-corrected chi connectivity index (χ0v) is 16.6. The minimum absolute atomic E-state index is 0.105. The lowest BCUT2D eigenvalue weighted by Crippen LogP contribution is -2.32. The van der Waals surface area contributed by atoms with Crippen molar-refractivity contribution in [3.63, 3.8) is 0 Å². The zero-order valence-electron chi connectivity index (χ0n) is 16.6. The summed E-state index contributed by atoms with van der Waals surface area (Å²) in [6.07, 6.45) is 2.47. The third kappa shape index (κ3) is 5.42. The highest BCUT2D eigenvalue weighted by Gasteiger charge is 2.16. The third-order valence-corrected chi connectivity index (χ3v) is 4.67. The number of hydrogen-bond donors (Lipinski definition) is 2. The number of benzene rings is 1. The summed E-state index contributed by atoms with van der Waals surface area (Å²) >= 11 is 0. The number of hydrogen-bond acceptors (Lipinski definition) is 5. The molecule has 6 heteroatoms. The number of nitrogens with one attached hydrogen (secondary N) is 2. The summed E-state index contributed by atoms with van der Waals surface area (Å²) in [5, 5.41) is 14.2. The quantitative estimate of drug-likeness (QED) is 0.848. The van der Waals surface area contributed by atoms with Crippen LogP contribution in [0, 0.1) is 5.92 Å². The van der Waals surface area contributed by atoms with Crippen molar-refractivity contribution in [3.05, 3.63) is 42.1 Å². The maximum Gasteiger partial charge on any atom is 0.276 e. The second-order valence-corrected chi connectivity index (χ2v) is 8.35. The number of anilines is 3. The largest absolute Gasteiger partial charge is 0.372 e. The van der Waals surface area contributed by atoms with Crippen LogP contribution in [-0.2, 0) is 0 Å². The molecule has 27 heavy (non-hydrogen) atoms. The maximum absolute atomic E-state index is 12.4. The minimum Gasteiger partial charge on any atom is -0.372 e. The normalized spacial score (nSPS) is 15.5. The highest BCUT2D eigenvalue weighted by molar-refractivity contribution is 6.02. The van der Waals surface area contributed by atoms with E-state index in [0.717, 1.165) is 24.7 Å². The molecule has 144 valence electrons. The van der Waals surface area contributed by atoms with E-state index >= 15 is 0 Å². The van der Waals surface area contributed by atoms with E-state index < -0.39 is 0 Å². The Hall–Kier alpha value is -2.63. The molecule has 1 amide bonds. The summed E-state index contributed by atoms with van der Waals surface area (Å²) in [5.74, 6) is 1.20. The summed E-state index contributed by atoms with van der Waals surface area (Å²) in [6, 6.07) is 11.5. The van der Waals surface area contributed by atoms with E-state index in [0.29, 0.717) is 11.5 Å². The Morgan fingerprint density at radius 1 is 1.04 bits per heavy atom. The van der Waals surface area contributed by atoms with Gasteiger partial charge in [-0.1, -0.05) is 6.92 Å². The summed E-state index contributed by atoms with van der Waals surface area (Å²) in [6.45, 7) is 10.6. The fourth-order valence-corrected chi connectivity index (χ4v) is 3.12. The molecular formula is C21H29N5O. The molecule has 0 aliphatic carbocycles. The molecule has 0 bridgehead atoms. The summed E-state index contributed by atoms with van der Waals surface area (Å²) in [5.41, 5.74) is 2.15. The van der Waals surface area contributed by atoms with E-state index in [1.165, 1.54) is 18.5 Å². The molecule has 6 nitrogen and oxygen atoms in total. The lowest BCUT2D eigenvalue weighted by Gasteiger charge is -2.32. The van der Waals surface area contributed by atoms with Crippen molar-refractivity contribution in [2.24, 2.45) is 5.92 Å². The van der Waals surface area contributed by atoms with E-state index in [9.17, 15) is 4.79 Å². The van der Waals surface area contributed by atoms with Crippen LogP contribution >= 0.6 is 0 Å². The molecule has 2 aromatic rings. The number of carbonyl (C=O) groups is 1. The predicted octanol–water partition coefficient (Wildman–Crippen LogP) is 4.18. The summed E-state index contributed by atoms with van der Waals surface area (Å²) < 4.78 is 0. The van der Waals surface area contributed by atoms with Crippen molar-refractivity contribution in [2.75, 3.05) is 28.6 Å². The molecule has 1 aromatic carbocycles. The van der Waals surface area contributed by atoms with Gasteiger partial charge in [-0.3, -0.25) is 4.79 Å². The molecule has 0 radical (unpaired) electrons. The van der Waals surface area contributed by atoms with Crippen LogP contribution in [0.15, 0.2) is 36.4 Å². The van der Waals surface area contributed by atoms with Crippen LogP contribution in [0.3, 0.4) is 0 Å². The first-order valence-electron chi connectivity index (χ1n) is 9.58. The highest BCUT2D eigenvalue weighted by atomic mass is 16.1. The fraction of sp³-hybridized carbons (Fsp3) is 0.476. The second-order valence-electron chi connectivity index (χ2n) is 8.35. The molecule has 0 spiro atoms. The molecule has 2 N–H and O–H groups in total. The second kappa shape index (κ2) is 7.94. The first-order chi connectivity index (χ1) is 12.8. The van der Waals surface area contributed by atoms with Crippen molar-refractivity contribution in [3.8, 4) is 0 Å². The highest BCUT2D eigenvalue weighted by Crippen LogP contribution is 2.24. The molecular weight excluding hydrogens is 338 g/mol. The van der Waals surface area contributed by atoms with Crippen LogP contribution in [0.25, 0.3) is 0 Å². The van der Waals surface area contributed by atoms with Crippen molar-refractivity contribution in [1.29, 1.82) is 0 Å². The standard InChI is InChI=1S/C21H29N5O/c1-15-11-13-26(14-12-15)17-7-5-16(6-8-17)22-20(27)18-9-10-19(25-24-18)23-21(2,3)4/h5-10,15H,11-14H2,1-4H3,(H,22,27)(H,23,25).